The van der Waals surface area contributed by atoms with Crippen LogP contribution in [0.2, 0.25) is 0 Å². The van der Waals surface area contributed by atoms with Crippen molar-refractivity contribution < 1.29 is 24.2 Å². The maximum absolute atomic E-state index is 12.6. The van der Waals surface area contributed by atoms with E-state index in [1.165, 1.54) is 0 Å². The third-order valence-corrected chi connectivity index (χ3v) is 4.89. The highest BCUT2D eigenvalue weighted by Gasteiger charge is 2.23. The van der Waals surface area contributed by atoms with E-state index in [9.17, 15) is 9.59 Å². The molecule has 0 radical (unpaired) electrons. The van der Waals surface area contributed by atoms with Crippen molar-refractivity contribution in [3.63, 3.8) is 0 Å². The van der Waals surface area contributed by atoms with Crippen molar-refractivity contribution in [1.82, 2.24) is 0 Å². The Morgan fingerprint density at radius 1 is 1.25 bits per heavy atom. The van der Waals surface area contributed by atoms with E-state index in [2.05, 4.69) is 16.2 Å². The summed E-state index contributed by atoms with van der Waals surface area (Å²) in [7, 11) is 0. The predicted molar refractivity (Wildman–Crippen MR) is 121 cm³/mol. The molecule has 0 bridgehead atoms. The average molecular weight is 435 g/mol. The number of hydrogen-bond acceptors (Lipinski definition) is 6. The number of carbonyl (C=O) groups is 2. The first-order chi connectivity index (χ1) is 15.5. The molecule has 2 aromatic carbocycles. The Hall–Kier alpha value is -3.83. The topological polar surface area (TPSA) is 123 Å². The molecule has 0 aliphatic carbocycles. The number of benzene rings is 2. The summed E-state index contributed by atoms with van der Waals surface area (Å²) in [4.78, 5) is 28.5. The van der Waals surface area contributed by atoms with Gasteiger partial charge >= 0.3 is 5.97 Å². The Balaban J connectivity index is 1.63. The van der Waals surface area contributed by atoms with E-state index in [4.69, 9.17) is 26.7 Å². The predicted octanol–water partition coefficient (Wildman–Crippen LogP) is 1.75. The van der Waals surface area contributed by atoms with Crippen LogP contribution in [0.4, 0.5) is 5.69 Å². The number of nitrogens with zero attached hydrogens (tertiary/aromatic N) is 1. The second kappa shape index (κ2) is 11.0. The normalized spacial score (nSPS) is 15.1. The molecule has 2 aromatic rings. The van der Waals surface area contributed by atoms with E-state index in [0.29, 0.717) is 35.7 Å². The molecule has 8 nitrogen and oxygen atoms in total. The van der Waals surface area contributed by atoms with Crippen molar-refractivity contribution >= 4 is 23.4 Å². The van der Waals surface area contributed by atoms with Crippen molar-refractivity contribution in [2.45, 2.75) is 12.8 Å². The highest BCUT2D eigenvalue weighted by atomic mass is 16.5. The summed E-state index contributed by atoms with van der Waals surface area (Å²) in [6.07, 6.45) is 6.01. The smallest absolute Gasteiger partial charge is 0.306 e. The molecule has 1 aliphatic heterocycles. The minimum atomic E-state index is -0.367. The van der Waals surface area contributed by atoms with Crippen molar-refractivity contribution in [2.24, 2.45) is 16.6 Å². The molecular formula is C24H25N3O5. The van der Waals surface area contributed by atoms with Gasteiger partial charge in [0.1, 0.15) is 24.7 Å². The number of nitrogens with two attached hydrogens (primary N) is 1. The molecule has 1 aliphatic rings. The molecule has 1 atom stereocenters. The lowest BCUT2D eigenvalue weighted by Gasteiger charge is -2.25. The summed E-state index contributed by atoms with van der Waals surface area (Å²) in [6.45, 7) is 0.395. The summed E-state index contributed by atoms with van der Waals surface area (Å²) in [6, 6.07) is 12.2. The van der Waals surface area contributed by atoms with E-state index < -0.39 is 0 Å². The van der Waals surface area contributed by atoms with Gasteiger partial charge in [-0.2, -0.15) is 0 Å². The van der Waals surface area contributed by atoms with Crippen LogP contribution in [0.3, 0.4) is 0 Å². The van der Waals surface area contributed by atoms with Gasteiger partial charge in [-0.05, 0) is 42.3 Å². The number of fused-ring (bicyclic) bond motifs is 1. The number of hydrogen-bond donors (Lipinski definition) is 3. The SMILES string of the molecule is C#CCN=C(N)c1ccc(C(=O)Nc2ccc3c(c2)CC(CC(=O)OCCO)CO3)cc1. The number of amides is 1. The summed E-state index contributed by atoms with van der Waals surface area (Å²) in [5.74, 6) is 2.78. The lowest BCUT2D eigenvalue weighted by molar-refractivity contribution is -0.146. The van der Waals surface area contributed by atoms with Crippen LogP contribution in [0.25, 0.3) is 0 Å². The Morgan fingerprint density at radius 3 is 2.72 bits per heavy atom. The summed E-state index contributed by atoms with van der Waals surface area (Å²) >= 11 is 0. The largest absolute Gasteiger partial charge is 0.493 e. The molecule has 3 rings (SSSR count). The molecular weight excluding hydrogens is 410 g/mol. The van der Waals surface area contributed by atoms with Gasteiger partial charge in [0, 0.05) is 22.7 Å². The molecule has 1 amide bonds. The highest BCUT2D eigenvalue weighted by molar-refractivity contribution is 6.05. The van der Waals surface area contributed by atoms with Crippen LogP contribution in [-0.2, 0) is 16.0 Å². The van der Waals surface area contributed by atoms with Crippen LogP contribution in [0.15, 0.2) is 47.5 Å². The number of aliphatic imine (C=N–C) groups is 1. The first-order valence-corrected chi connectivity index (χ1v) is 10.2. The van der Waals surface area contributed by atoms with Gasteiger partial charge in [0.2, 0.25) is 0 Å². The van der Waals surface area contributed by atoms with E-state index in [1.54, 1.807) is 36.4 Å². The van der Waals surface area contributed by atoms with E-state index in [1.807, 2.05) is 6.07 Å². The van der Waals surface area contributed by atoms with Crippen LogP contribution in [0.1, 0.15) is 27.9 Å². The molecule has 0 aromatic heterocycles. The number of carbonyl (C=O) groups excluding carboxylic acids is 2. The van der Waals surface area contributed by atoms with Crippen molar-refractivity contribution in [1.29, 1.82) is 0 Å². The van der Waals surface area contributed by atoms with Gasteiger partial charge in [0.25, 0.3) is 5.91 Å². The molecule has 32 heavy (non-hydrogen) atoms. The van der Waals surface area contributed by atoms with Crippen molar-refractivity contribution in [2.75, 3.05) is 31.7 Å². The van der Waals surface area contributed by atoms with Gasteiger partial charge in [0.15, 0.2) is 0 Å². The third kappa shape index (κ3) is 6.09. The zero-order chi connectivity index (χ0) is 22.9. The fraction of sp³-hybridized carbons (Fsp3) is 0.292. The Labute approximate surface area is 186 Å². The molecule has 0 saturated carbocycles. The van der Waals surface area contributed by atoms with E-state index in [0.717, 1.165) is 11.3 Å². The van der Waals surface area contributed by atoms with Crippen LogP contribution < -0.4 is 15.8 Å². The zero-order valence-electron chi connectivity index (χ0n) is 17.5. The van der Waals surface area contributed by atoms with Gasteiger partial charge in [-0.25, -0.2) is 0 Å². The number of aliphatic hydroxyl groups excluding tert-OH is 1. The number of rotatable bonds is 8. The van der Waals surface area contributed by atoms with Gasteiger partial charge in [-0.15, -0.1) is 6.42 Å². The standard InChI is InChI=1S/C24H25N3O5/c1-2-9-26-23(25)17-3-5-18(6-4-17)24(30)27-20-7-8-21-19(14-20)12-16(15-32-21)13-22(29)31-11-10-28/h1,3-8,14,16,28H,9-13,15H2,(H2,25,26)(H,27,30). The minimum Gasteiger partial charge on any atom is -0.493 e. The number of amidine groups is 1. The van der Waals surface area contributed by atoms with Gasteiger partial charge in [0.05, 0.1) is 19.6 Å². The Bertz CT molecular complexity index is 1040. The van der Waals surface area contributed by atoms with Crippen LogP contribution in [0, 0.1) is 18.3 Å². The third-order valence-electron chi connectivity index (χ3n) is 4.89. The quantitative estimate of drug-likeness (QED) is 0.251. The maximum atomic E-state index is 12.6. The molecule has 8 heteroatoms. The highest BCUT2D eigenvalue weighted by Crippen LogP contribution is 2.31. The minimum absolute atomic E-state index is 0.00947. The number of esters is 1. The first kappa shape index (κ1) is 22.8. The molecule has 4 N–H and O–H groups in total. The molecule has 166 valence electrons. The lowest BCUT2D eigenvalue weighted by Crippen LogP contribution is -2.25. The average Bonchev–Trinajstić information content (AvgIpc) is 2.81. The molecule has 0 spiro atoms. The summed E-state index contributed by atoms with van der Waals surface area (Å²) < 4.78 is 10.7. The monoisotopic (exact) mass is 435 g/mol. The van der Waals surface area contributed by atoms with E-state index in [-0.39, 0.29) is 44.0 Å². The molecule has 0 saturated heterocycles. The van der Waals surface area contributed by atoms with Crippen LogP contribution in [-0.4, -0.2) is 49.2 Å². The number of aliphatic hydroxyl groups is 1. The molecule has 1 unspecified atom stereocenters. The van der Waals surface area contributed by atoms with Crippen LogP contribution in [0.5, 0.6) is 5.75 Å². The lowest BCUT2D eigenvalue weighted by atomic mass is 9.93. The van der Waals surface area contributed by atoms with E-state index >= 15 is 0 Å². The zero-order valence-corrected chi connectivity index (χ0v) is 17.5. The fourth-order valence-corrected chi connectivity index (χ4v) is 3.34. The maximum Gasteiger partial charge on any atom is 0.306 e. The van der Waals surface area contributed by atoms with Crippen molar-refractivity contribution in [3.05, 3.63) is 59.2 Å². The Kier molecular flexibility index (Phi) is 7.84. The molecule has 0 fully saturated rings. The van der Waals surface area contributed by atoms with Gasteiger partial charge in [-0.1, -0.05) is 18.1 Å². The second-order valence-corrected chi connectivity index (χ2v) is 7.29. The molecule has 1 heterocycles. The number of ether oxygens (including phenoxy) is 2. The van der Waals surface area contributed by atoms with Crippen molar-refractivity contribution in [3.8, 4) is 18.1 Å². The Morgan fingerprint density at radius 2 is 2.00 bits per heavy atom. The summed E-state index contributed by atoms with van der Waals surface area (Å²) in [5, 5.41) is 11.6. The number of nitrogens with one attached hydrogen (secondary N) is 1. The fourth-order valence-electron chi connectivity index (χ4n) is 3.34. The number of terminal acetylenes is 1. The number of anilines is 1. The van der Waals surface area contributed by atoms with Gasteiger partial charge < -0.3 is 25.6 Å². The van der Waals surface area contributed by atoms with Gasteiger partial charge in [-0.3, -0.25) is 14.6 Å². The summed E-state index contributed by atoms with van der Waals surface area (Å²) in [5.41, 5.74) is 8.55. The van der Waals surface area contributed by atoms with Crippen LogP contribution >= 0.6 is 0 Å². The second-order valence-electron chi connectivity index (χ2n) is 7.29. The first-order valence-electron chi connectivity index (χ1n) is 10.2.